The SMILES string of the molecule is [CH2]c1nn[nH]c1Cc1ccccc1F. The summed E-state index contributed by atoms with van der Waals surface area (Å²) in [4.78, 5) is 0. The Morgan fingerprint density at radius 1 is 1.36 bits per heavy atom. The van der Waals surface area contributed by atoms with Gasteiger partial charge in [0.15, 0.2) is 0 Å². The Bertz CT molecular complexity index is 436. The maximum atomic E-state index is 13.2. The Balaban J connectivity index is 2.28. The van der Waals surface area contributed by atoms with Crippen molar-refractivity contribution < 1.29 is 4.39 Å². The lowest BCUT2D eigenvalue weighted by Gasteiger charge is -2.00. The molecule has 0 amide bonds. The van der Waals surface area contributed by atoms with Crippen molar-refractivity contribution in [1.82, 2.24) is 15.4 Å². The Morgan fingerprint density at radius 2 is 2.14 bits per heavy atom. The standard InChI is InChI=1S/C10H9FN3/c1-7-10(13-14-12-7)6-8-4-2-3-5-9(8)11/h2-5H,1,6H2,(H,12,13,14). The molecular weight excluding hydrogens is 181 g/mol. The molecule has 2 aromatic rings. The zero-order chi connectivity index (χ0) is 9.97. The second-order valence-corrected chi connectivity index (χ2v) is 3.01. The van der Waals surface area contributed by atoms with Crippen molar-refractivity contribution in [2.45, 2.75) is 6.42 Å². The first-order valence-electron chi connectivity index (χ1n) is 4.22. The quantitative estimate of drug-likeness (QED) is 0.783. The zero-order valence-electron chi connectivity index (χ0n) is 7.50. The van der Waals surface area contributed by atoms with Gasteiger partial charge in [-0.05, 0) is 18.6 Å². The van der Waals surface area contributed by atoms with E-state index in [0.29, 0.717) is 17.7 Å². The molecule has 0 aliphatic heterocycles. The number of nitrogens with zero attached hydrogens (tertiary/aromatic N) is 2. The van der Waals surface area contributed by atoms with Crippen LogP contribution >= 0.6 is 0 Å². The average Bonchev–Trinajstić information content (AvgIpc) is 2.56. The minimum atomic E-state index is -0.221. The second kappa shape index (κ2) is 3.57. The zero-order valence-corrected chi connectivity index (χ0v) is 7.50. The number of aromatic nitrogens is 3. The van der Waals surface area contributed by atoms with E-state index in [1.165, 1.54) is 6.07 Å². The van der Waals surface area contributed by atoms with Crippen LogP contribution in [0.3, 0.4) is 0 Å². The van der Waals surface area contributed by atoms with Crippen molar-refractivity contribution in [1.29, 1.82) is 0 Å². The first-order valence-corrected chi connectivity index (χ1v) is 4.22. The largest absolute Gasteiger partial charge is 0.262 e. The summed E-state index contributed by atoms with van der Waals surface area (Å²) in [7, 11) is 0. The van der Waals surface area contributed by atoms with Gasteiger partial charge in [0.05, 0.1) is 11.4 Å². The van der Waals surface area contributed by atoms with Crippen LogP contribution in [-0.4, -0.2) is 15.4 Å². The molecule has 1 N–H and O–H groups in total. The molecule has 1 radical (unpaired) electrons. The van der Waals surface area contributed by atoms with Crippen LogP contribution in [0.15, 0.2) is 24.3 Å². The Hall–Kier alpha value is -1.71. The molecule has 0 saturated carbocycles. The first-order chi connectivity index (χ1) is 6.77. The smallest absolute Gasteiger partial charge is 0.126 e. The minimum absolute atomic E-state index is 0.221. The van der Waals surface area contributed by atoms with Crippen LogP contribution in [0.5, 0.6) is 0 Å². The molecule has 4 heteroatoms. The minimum Gasteiger partial charge on any atom is -0.262 e. The molecule has 0 bridgehead atoms. The number of hydrogen-bond donors (Lipinski definition) is 1. The molecule has 1 heterocycles. The van der Waals surface area contributed by atoms with Gasteiger partial charge < -0.3 is 0 Å². The van der Waals surface area contributed by atoms with E-state index in [9.17, 15) is 4.39 Å². The lowest BCUT2D eigenvalue weighted by atomic mass is 10.1. The third-order valence-corrected chi connectivity index (χ3v) is 2.03. The van der Waals surface area contributed by atoms with Crippen molar-refractivity contribution in [3.8, 4) is 0 Å². The van der Waals surface area contributed by atoms with Gasteiger partial charge in [0.25, 0.3) is 0 Å². The molecule has 14 heavy (non-hydrogen) atoms. The van der Waals surface area contributed by atoms with Gasteiger partial charge in [0.1, 0.15) is 5.82 Å². The van der Waals surface area contributed by atoms with E-state index >= 15 is 0 Å². The van der Waals surface area contributed by atoms with E-state index in [1.54, 1.807) is 18.2 Å². The first kappa shape index (κ1) is 8.87. The highest BCUT2D eigenvalue weighted by molar-refractivity contribution is 5.25. The van der Waals surface area contributed by atoms with Crippen LogP contribution in [0, 0.1) is 12.7 Å². The number of H-pyrrole nitrogens is 1. The second-order valence-electron chi connectivity index (χ2n) is 3.01. The van der Waals surface area contributed by atoms with Gasteiger partial charge in [0, 0.05) is 6.42 Å². The van der Waals surface area contributed by atoms with Gasteiger partial charge in [-0.25, -0.2) is 4.39 Å². The number of benzene rings is 1. The lowest BCUT2D eigenvalue weighted by Crippen LogP contribution is -1.94. The maximum Gasteiger partial charge on any atom is 0.126 e. The van der Waals surface area contributed by atoms with Gasteiger partial charge in [-0.15, -0.1) is 5.10 Å². The maximum absolute atomic E-state index is 13.2. The molecular formula is C10H9FN3. The summed E-state index contributed by atoms with van der Waals surface area (Å²) in [6.45, 7) is 3.68. The molecule has 0 aliphatic rings. The fourth-order valence-corrected chi connectivity index (χ4v) is 1.24. The van der Waals surface area contributed by atoms with Crippen LogP contribution in [0.1, 0.15) is 17.0 Å². The predicted molar refractivity (Wildman–Crippen MR) is 50.0 cm³/mol. The molecule has 0 spiro atoms. The van der Waals surface area contributed by atoms with Crippen molar-refractivity contribution in [3.63, 3.8) is 0 Å². The molecule has 0 aliphatic carbocycles. The Morgan fingerprint density at radius 3 is 2.79 bits per heavy atom. The fourth-order valence-electron chi connectivity index (χ4n) is 1.24. The third-order valence-electron chi connectivity index (χ3n) is 2.03. The topological polar surface area (TPSA) is 41.6 Å². The van der Waals surface area contributed by atoms with Crippen molar-refractivity contribution >= 4 is 0 Å². The molecule has 2 rings (SSSR count). The molecule has 0 atom stereocenters. The van der Waals surface area contributed by atoms with E-state index in [2.05, 4.69) is 22.3 Å². The summed E-state index contributed by atoms with van der Waals surface area (Å²) in [6.07, 6.45) is 0.443. The van der Waals surface area contributed by atoms with Gasteiger partial charge in [0.2, 0.25) is 0 Å². The molecule has 0 unspecified atom stereocenters. The van der Waals surface area contributed by atoms with E-state index in [-0.39, 0.29) is 5.82 Å². The molecule has 1 aromatic heterocycles. The Labute approximate surface area is 81.0 Å². The van der Waals surface area contributed by atoms with Gasteiger partial charge >= 0.3 is 0 Å². The lowest BCUT2D eigenvalue weighted by molar-refractivity contribution is 0.613. The van der Waals surface area contributed by atoms with E-state index in [4.69, 9.17) is 0 Å². The number of rotatable bonds is 2. The summed E-state index contributed by atoms with van der Waals surface area (Å²) in [6, 6.07) is 6.62. The van der Waals surface area contributed by atoms with Crippen LogP contribution < -0.4 is 0 Å². The summed E-state index contributed by atoms with van der Waals surface area (Å²) in [5.41, 5.74) is 1.92. The molecule has 3 nitrogen and oxygen atoms in total. The number of aromatic amines is 1. The van der Waals surface area contributed by atoms with E-state index < -0.39 is 0 Å². The van der Waals surface area contributed by atoms with E-state index in [0.717, 1.165) is 5.69 Å². The normalized spacial score (nSPS) is 10.4. The molecule has 1 aromatic carbocycles. The summed E-state index contributed by atoms with van der Waals surface area (Å²) >= 11 is 0. The van der Waals surface area contributed by atoms with Crippen molar-refractivity contribution in [2.24, 2.45) is 0 Å². The predicted octanol–water partition coefficient (Wildman–Crippen LogP) is 1.72. The number of halogens is 1. The molecule has 0 fully saturated rings. The summed E-state index contributed by atoms with van der Waals surface area (Å²) in [5, 5.41) is 9.98. The number of nitrogens with one attached hydrogen (secondary N) is 1. The summed E-state index contributed by atoms with van der Waals surface area (Å²) in [5.74, 6) is -0.221. The molecule has 71 valence electrons. The number of hydrogen-bond acceptors (Lipinski definition) is 2. The van der Waals surface area contributed by atoms with Crippen LogP contribution in [0.2, 0.25) is 0 Å². The van der Waals surface area contributed by atoms with Gasteiger partial charge in [-0.3, -0.25) is 5.10 Å². The van der Waals surface area contributed by atoms with Crippen LogP contribution in [0.25, 0.3) is 0 Å². The highest BCUT2D eigenvalue weighted by Gasteiger charge is 2.06. The monoisotopic (exact) mass is 190 g/mol. The molecule has 0 saturated heterocycles. The Kier molecular flexibility index (Phi) is 2.26. The van der Waals surface area contributed by atoms with E-state index in [1.807, 2.05) is 0 Å². The summed E-state index contributed by atoms with van der Waals surface area (Å²) < 4.78 is 13.2. The van der Waals surface area contributed by atoms with Crippen LogP contribution in [0.4, 0.5) is 4.39 Å². The third kappa shape index (κ3) is 1.64. The average molecular weight is 190 g/mol. The van der Waals surface area contributed by atoms with Crippen molar-refractivity contribution in [2.75, 3.05) is 0 Å². The van der Waals surface area contributed by atoms with Crippen LogP contribution in [-0.2, 0) is 6.42 Å². The van der Waals surface area contributed by atoms with Gasteiger partial charge in [-0.2, -0.15) is 0 Å². The highest BCUT2D eigenvalue weighted by Crippen LogP contribution is 2.12. The highest BCUT2D eigenvalue weighted by atomic mass is 19.1. The van der Waals surface area contributed by atoms with Crippen molar-refractivity contribution in [3.05, 3.63) is 54.0 Å². The fraction of sp³-hybridized carbons (Fsp3) is 0.100. The van der Waals surface area contributed by atoms with Gasteiger partial charge in [-0.1, -0.05) is 23.4 Å².